The van der Waals surface area contributed by atoms with Crippen molar-refractivity contribution in [2.75, 3.05) is 17.2 Å². The molecule has 2 aliphatic carbocycles. The van der Waals surface area contributed by atoms with Crippen molar-refractivity contribution in [3.8, 4) is 11.3 Å². The molecule has 4 N–H and O–H groups in total. The molecule has 192 valence electrons. The molecule has 0 radical (unpaired) electrons. The molecule has 2 fully saturated rings. The van der Waals surface area contributed by atoms with Crippen molar-refractivity contribution in [1.29, 1.82) is 0 Å². The number of carbonyl (C=O) groups excluding carboxylic acids is 1. The number of fused-ring (bicyclic) bond motifs is 1. The molecule has 0 saturated heterocycles. The third kappa shape index (κ3) is 5.61. The maximum absolute atomic E-state index is 12.3. The first kappa shape index (κ1) is 24.5. The number of urea groups is 1. The number of hydrogen-bond acceptors (Lipinski definition) is 6. The average Bonchev–Trinajstić information content (AvgIpc) is 3.53. The number of nitrogens with one attached hydrogen (secondary N) is 3. The van der Waals surface area contributed by atoms with Crippen LogP contribution in [0.3, 0.4) is 0 Å². The van der Waals surface area contributed by atoms with Gasteiger partial charge in [-0.25, -0.2) is 14.5 Å². The summed E-state index contributed by atoms with van der Waals surface area (Å²) in [5.41, 5.74) is 3.35. The van der Waals surface area contributed by atoms with E-state index in [1.165, 1.54) is 12.8 Å². The predicted octanol–water partition coefficient (Wildman–Crippen LogP) is 5.25. The Morgan fingerprint density at radius 2 is 1.83 bits per heavy atom. The van der Waals surface area contributed by atoms with E-state index in [1.54, 1.807) is 0 Å². The van der Waals surface area contributed by atoms with Crippen molar-refractivity contribution in [3.63, 3.8) is 0 Å². The van der Waals surface area contributed by atoms with Gasteiger partial charge in [-0.3, -0.25) is 0 Å². The summed E-state index contributed by atoms with van der Waals surface area (Å²) in [6, 6.07) is 8.11. The van der Waals surface area contributed by atoms with Crippen LogP contribution in [0, 0.1) is 0 Å². The van der Waals surface area contributed by atoms with Gasteiger partial charge >= 0.3 is 6.03 Å². The summed E-state index contributed by atoms with van der Waals surface area (Å²) >= 11 is 0. The van der Waals surface area contributed by atoms with Crippen LogP contribution in [0.4, 0.5) is 16.4 Å². The lowest BCUT2D eigenvalue weighted by atomic mass is 9.93. The van der Waals surface area contributed by atoms with E-state index in [4.69, 9.17) is 10.1 Å². The first-order valence-electron chi connectivity index (χ1n) is 13.5. The third-order valence-electron chi connectivity index (χ3n) is 7.38. The van der Waals surface area contributed by atoms with Crippen molar-refractivity contribution in [2.45, 2.75) is 89.3 Å². The molecule has 9 nitrogen and oxygen atoms in total. The Balaban J connectivity index is 1.39. The monoisotopic (exact) mass is 491 g/mol. The molecule has 36 heavy (non-hydrogen) atoms. The van der Waals surface area contributed by atoms with Crippen molar-refractivity contribution < 1.29 is 9.90 Å². The number of carbonyl (C=O) groups is 1. The van der Waals surface area contributed by atoms with E-state index in [0.29, 0.717) is 5.95 Å². The van der Waals surface area contributed by atoms with Gasteiger partial charge in [0.25, 0.3) is 0 Å². The van der Waals surface area contributed by atoms with Gasteiger partial charge in [0, 0.05) is 30.0 Å². The molecule has 2 heterocycles. The fourth-order valence-electron chi connectivity index (χ4n) is 5.29. The van der Waals surface area contributed by atoms with Crippen molar-refractivity contribution in [1.82, 2.24) is 25.1 Å². The number of aliphatic hydroxyl groups is 1. The Morgan fingerprint density at radius 1 is 1.08 bits per heavy atom. The second kappa shape index (κ2) is 11.2. The topological polar surface area (TPSA) is 117 Å². The zero-order valence-corrected chi connectivity index (χ0v) is 21.0. The number of rotatable bonds is 8. The third-order valence-corrected chi connectivity index (χ3v) is 7.38. The van der Waals surface area contributed by atoms with Gasteiger partial charge in [0.1, 0.15) is 5.69 Å². The van der Waals surface area contributed by atoms with Crippen molar-refractivity contribution >= 4 is 28.7 Å². The quantitative estimate of drug-likeness (QED) is 0.320. The number of nitrogens with zero attached hydrogens (tertiary/aromatic N) is 4. The summed E-state index contributed by atoms with van der Waals surface area (Å²) < 4.78 is 2.03. The Morgan fingerprint density at radius 3 is 2.56 bits per heavy atom. The van der Waals surface area contributed by atoms with Crippen LogP contribution in [0.25, 0.3) is 22.3 Å². The van der Waals surface area contributed by atoms with E-state index >= 15 is 0 Å². The van der Waals surface area contributed by atoms with Gasteiger partial charge in [0.2, 0.25) is 5.95 Å². The van der Waals surface area contributed by atoms with Gasteiger partial charge in [0.15, 0.2) is 5.65 Å². The van der Waals surface area contributed by atoms with Crippen LogP contribution in [0.1, 0.15) is 77.2 Å². The largest absolute Gasteiger partial charge is 0.393 e. The average molecular weight is 492 g/mol. The molecule has 0 atom stereocenters. The van der Waals surface area contributed by atoms with Gasteiger partial charge in [-0.15, -0.1) is 0 Å². The first-order valence-corrected chi connectivity index (χ1v) is 13.5. The van der Waals surface area contributed by atoms with Crippen LogP contribution in [-0.2, 0) is 0 Å². The smallest absolute Gasteiger partial charge is 0.319 e. The van der Waals surface area contributed by atoms with Gasteiger partial charge < -0.3 is 21.1 Å². The lowest BCUT2D eigenvalue weighted by Gasteiger charge is -2.25. The Kier molecular flexibility index (Phi) is 7.65. The summed E-state index contributed by atoms with van der Waals surface area (Å²) in [5.74, 6) is 0.618. The molecule has 1 aromatic carbocycles. The number of aromatic nitrogens is 4. The van der Waals surface area contributed by atoms with E-state index < -0.39 is 0 Å². The number of aliphatic hydroxyl groups excluding tert-OH is 1. The van der Waals surface area contributed by atoms with Crippen LogP contribution >= 0.6 is 0 Å². The summed E-state index contributed by atoms with van der Waals surface area (Å²) in [6.07, 6.45) is 11.6. The second-order valence-electron chi connectivity index (χ2n) is 10.1. The number of hydrogen-bond donors (Lipinski definition) is 4. The second-order valence-corrected chi connectivity index (χ2v) is 10.1. The number of anilines is 2. The molecular weight excluding hydrogens is 454 g/mol. The molecule has 2 aliphatic rings. The highest BCUT2D eigenvalue weighted by atomic mass is 16.3. The molecular formula is C27H37N7O2. The summed E-state index contributed by atoms with van der Waals surface area (Å²) in [7, 11) is 0. The van der Waals surface area contributed by atoms with Crippen LogP contribution in [0.15, 0.2) is 30.5 Å². The minimum Gasteiger partial charge on any atom is -0.393 e. The van der Waals surface area contributed by atoms with Gasteiger partial charge in [-0.1, -0.05) is 38.3 Å². The Bertz CT molecular complexity index is 1160. The standard InChI is InChI=1S/C27H37N7O2/c1-2-3-16-28-26-29-17-23-24(33-34(25(23)32-26)21-12-14-22(35)15-13-21)18-8-10-20(11-9-18)31-27(36)30-19-6-4-5-7-19/h8-11,17,19,21-22,35H,2-7,12-16H2,1H3,(H,28,29,32)(H2,30,31,36)/t21-,22+. The van der Waals surface area contributed by atoms with Gasteiger partial charge in [0.05, 0.1) is 17.5 Å². The lowest BCUT2D eigenvalue weighted by molar-refractivity contribution is 0.109. The highest BCUT2D eigenvalue weighted by Crippen LogP contribution is 2.35. The first-order chi connectivity index (χ1) is 17.6. The van der Waals surface area contributed by atoms with Gasteiger partial charge in [-0.05, 0) is 57.1 Å². The van der Waals surface area contributed by atoms with Gasteiger partial charge in [-0.2, -0.15) is 10.1 Å². The fourth-order valence-corrected chi connectivity index (χ4v) is 5.29. The van der Waals surface area contributed by atoms with E-state index in [9.17, 15) is 9.90 Å². The zero-order chi connectivity index (χ0) is 24.9. The van der Waals surface area contributed by atoms with E-state index in [0.717, 1.165) is 85.9 Å². The minimum absolute atomic E-state index is 0.152. The lowest BCUT2D eigenvalue weighted by Crippen LogP contribution is -2.36. The van der Waals surface area contributed by atoms with Crippen LogP contribution in [0.5, 0.6) is 0 Å². The van der Waals surface area contributed by atoms with Crippen LogP contribution in [-0.4, -0.2) is 49.6 Å². The molecule has 2 amide bonds. The normalized spacial score (nSPS) is 20.5. The SMILES string of the molecule is CCCCNc1ncc2c(-c3ccc(NC(=O)NC4CCCC4)cc3)nn([C@H]3CC[C@@H](O)CC3)c2n1. The molecule has 2 aromatic heterocycles. The Labute approximate surface area is 212 Å². The van der Waals surface area contributed by atoms with E-state index in [2.05, 4.69) is 27.9 Å². The highest BCUT2D eigenvalue weighted by molar-refractivity contribution is 5.93. The maximum atomic E-state index is 12.3. The summed E-state index contributed by atoms with van der Waals surface area (Å²) in [6.45, 7) is 2.99. The van der Waals surface area contributed by atoms with Crippen molar-refractivity contribution in [2.24, 2.45) is 0 Å². The molecule has 2 saturated carbocycles. The predicted molar refractivity (Wildman–Crippen MR) is 142 cm³/mol. The number of unbranched alkanes of at least 4 members (excludes halogenated alkanes) is 1. The molecule has 0 bridgehead atoms. The molecule has 0 spiro atoms. The molecule has 9 heteroatoms. The van der Waals surface area contributed by atoms with E-state index in [1.807, 2.05) is 35.1 Å². The minimum atomic E-state index is -0.227. The number of amides is 2. The molecule has 0 unspecified atom stereocenters. The molecule has 5 rings (SSSR count). The van der Waals surface area contributed by atoms with Crippen LogP contribution in [0.2, 0.25) is 0 Å². The maximum Gasteiger partial charge on any atom is 0.319 e. The molecule has 0 aliphatic heterocycles. The van der Waals surface area contributed by atoms with Crippen molar-refractivity contribution in [3.05, 3.63) is 30.5 Å². The number of benzene rings is 1. The molecule has 3 aromatic rings. The van der Waals surface area contributed by atoms with Crippen LogP contribution < -0.4 is 16.0 Å². The Hall–Kier alpha value is -3.20. The highest BCUT2D eigenvalue weighted by Gasteiger charge is 2.25. The summed E-state index contributed by atoms with van der Waals surface area (Å²) in [4.78, 5) is 21.8. The zero-order valence-electron chi connectivity index (χ0n) is 21.0. The van der Waals surface area contributed by atoms with E-state index in [-0.39, 0.29) is 24.2 Å². The summed E-state index contributed by atoms with van der Waals surface area (Å²) in [5, 5.41) is 25.2. The fraction of sp³-hybridized carbons (Fsp3) is 0.556.